The molecule has 0 aliphatic carbocycles. The van der Waals surface area contributed by atoms with E-state index in [4.69, 9.17) is 4.74 Å². The highest BCUT2D eigenvalue weighted by atomic mass is 32.2. The zero-order valence-corrected chi connectivity index (χ0v) is 12.6. The van der Waals surface area contributed by atoms with Gasteiger partial charge in [0.25, 0.3) is 10.0 Å². The fourth-order valence-corrected chi connectivity index (χ4v) is 3.69. The Morgan fingerprint density at radius 1 is 1.50 bits per heavy atom. The van der Waals surface area contributed by atoms with E-state index in [9.17, 15) is 13.2 Å². The van der Waals surface area contributed by atoms with Gasteiger partial charge in [-0.1, -0.05) is 0 Å². The molecular formula is C12H19N3O4S. The SMILES string of the molecule is CC(C)(C)OC(=O)[C@H]1CCCN1S(=O)(=O)c1cnc[nH]1. The molecule has 112 valence electrons. The van der Waals surface area contributed by atoms with Crippen molar-refractivity contribution in [2.45, 2.75) is 50.3 Å². The first-order valence-corrected chi connectivity index (χ1v) is 7.89. The Morgan fingerprint density at radius 3 is 2.75 bits per heavy atom. The quantitative estimate of drug-likeness (QED) is 0.838. The molecule has 20 heavy (non-hydrogen) atoms. The van der Waals surface area contributed by atoms with Gasteiger partial charge < -0.3 is 9.72 Å². The van der Waals surface area contributed by atoms with Gasteiger partial charge in [0.2, 0.25) is 0 Å². The summed E-state index contributed by atoms with van der Waals surface area (Å²) in [5.41, 5.74) is -0.636. The lowest BCUT2D eigenvalue weighted by Gasteiger charge is -2.26. The number of nitrogens with zero attached hydrogens (tertiary/aromatic N) is 2. The molecule has 7 nitrogen and oxygen atoms in total. The Morgan fingerprint density at radius 2 is 2.20 bits per heavy atom. The number of sulfonamides is 1. The molecule has 2 rings (SSSR count). The molecule has 8 heteroatoms. The Labute approximate surface area is 118 Å². The lowest BCUT2D eigenvalue weighted by Crippen LogP contribution is -2.43. The summed E-state index contributed by atoms with van der Waals surface area (Å²) in [6.45, 7) is 5.58. The molecule has 0 spiro atoms. The number of imidazole rings is 1. The zero-order chi connectivity index (χ0) is 15.0. The van der Waals surface area contributed by atoms with Gasteiger partial charge >= 0.3 is 5.97 Å². The van der Waals surface area contributed by atoms with Crippen LogP contribution in [0.4, 0.5) is 0 Å². The van der Waals surface area contributed by atoms with E-state index in [-0.39, 0.29) is 5.03 Å². The molecule has 0 amide bonds. The van der Waals surface area contributed by atoms with Gasteiger partial charge in [0, 0.05) is 6.54 Å². The number of hydrogen-bond donors (Lipinski definition) is 1. The number of ether oxygens (including phenoxy) is 1. The standard InChI is InChI=1S/C12H19N3O4S/c1-12(2,3)19-11(16)9-5-4-6-15(9)20(17,18)10-7-13-8-14-10/h7-9H,4-6H2,1-3H3,(H,13,14)/t9-/m1/s1. The normalized spacial score (nSPS) is 21.1. The van der Waals surface area contributed by atoms with Crippen molar-refractivity contribution in [3.8, 4) is 0 Å². The van der Waals surface area contributed by atoms with Crippen molar-refractivity contribution >= 4 is 16.0 Å². The third-order valence-corrected chi connectivity index (χ3v) is 4.78. The maximum Gasteiger partial charge on any atom is 0.324 e. The van der Waals surface area contributed by atoms with Crippen LogP contribution in [0.25, 0.3) is 0 Å². The van der Waals surface area contributed by atoms with Gasteiger partial charge in [0.1, 0.15) is 11.6 Å². The number of nitrogens with one attached hydrogen (secondary N) is 1. The molecule has 1 aliphatic heterocycles. The molecule has 0 aromatic carbocycles. The van der Waals surface area contributed by atoms with Gasteiger partial charge in [-0.15, -0.1) is 0 Å². The van der Waals surface area contributed by atoms with E-state index < -0.39 is 27.6 Å². The van der Waals surface area contributed by atoms with E-state index in [1.807, 2.05) is 0 Å². The number of esters is 1. The van der Waals surface area contributed by atoms with Gasteiger partial charge in [-0.05, 0) is 33.6 Å². The summed E-state index contributed by atoms with van der Waals surface area (Å²) in [4.78, 5) is 18.4. The summed E-state index contributed by atoms with van der Waals surface area (Å²) in [5.74, 6) is -0.502. The van der Waals surface area contributed by atoms with Crippen LogP contribution in [0.1, 0.15) is 33.6 Å². The van der Waals surface area contributed by atoms with Crippen LogP contribution >= 0.6 is 0 Å². The lowest BCUT2D eigenvalue weighted by molar-refractivity contribution is -0.158. The molecule has 1 aromatic rings. The van der Waals surface area contributed by atoms with Crippen LogP contribution in [0.2, 0.25) is 0 Å². The Bertz CT molecular complexity index is 574. The smallest absolute Gasteiger partial charge is 0.324 e. The highest BCUT2D eigenvalue weighted by molar-refractivity contribution is 7.89. The average Bonchev–Trinajstić information content (AvgIpc) is 2.99. The van der Waals surface area contributed by atoms with E-state index in [1.165, 1.54) is 16.8 Å². The zero-order valence-electron chi connectivity index (χ0n) is 11.8. The number of carbonyl (C=O) groups is 1. The van der Waals surface area contributed by atoms with Gasteiger partial charge in [-0.2, -0.15) is 4.31 Å². The van der Waals surface area contributed by atoms with Crippen molar-refractivity contribution in [1.82, 2.24) is 14.3 Å². The van der Waals surface area contributed by atoms with Crippen molar-refractivity contribution in [3.63, 3.8) is 0 Å². The van der Waals surface area contributed by atoms with Crippen LogP contribution in [0.3, 0.4) is 0 Å². The largest absolute Gasteiger partial charge is 0.459 e. The van der Waals surface area contributed by atoms with E-state index >= 15 is 0 Å². The molecule has 0 saturated carbocycles. The predicted octanol–water partition coefficient (Wildman–Crippen LogP) is 0.904. The van der Waals surface area contributed by atoms with Crippen molar-refractivity contribution in [2.24, 2.45) is 0 Å². The van der Waals surface area contributed by atoms with Gasteiger partial charge in [0.05, 0.1) is 12.5 Å². The number of aromatic nitrogens is 2. The summed E-state index contributed by atoms with van der Waals surface area (Å²) < 4.78 is 31.3. The minimum atomic E-state index is -3.73. The van der Waals surface area contributed by atoms with Crippen molar-refractivity contribution < 1.29 is 17.9 Å². The predicted molar refractivity (Wildman–Crippen MR) is 71.3 cm³/mol. The Hall–Kier alpha value is -1.41. The summed E-state index contributed by atoms with van der Waals surface area (Å²) in [7, 11) is -3.73. The first-order chi connectivity index (χ1) is 9.22. The summed E-state index contributed by atoms with van der Waals surface area (Å²) in [6, 6.07) is -0.762. The topological polar surface area (TPSA) is 92.4 Å². The minimum Gasteiger partial charge on any atom is -0.459 e. The van der Waals surface area contributed by atoms with Crippen molar-refractivity contribution in [1.29, 1.82) is 0 Å². The molecule has 1 saturated heterocycles. The maximum absolute atomic E-state index is 12.4. The fraction of sp³-hybridized carbons (Fsp3) is 0.667. The second-order valence-electron chi connectivity index (χ2n) is 5.72. The molecule has 0 bridgehead atoms. The number of hydrogen-bond acceptors (Lipinski definition) is 5. The molecule has 1 fully saturated rings. The molecular weight excluding hydrogens is 282 g/mol. The Balaban J connectivity index is 2.22. The van der Waals surface area contributed by atoms with Crippen LogP contribution < -0.4 is 0 Å². The Kier molecular flexibility index (Phi) is 3.88. The highest BCUT2D eigenvalue weighted by Crippen LogP contribution is 2.26. The van der Waals surface area contributed by atoms with Crippen molar-refractivity contribution in [3.05, 3.63) is 12.5 Å². The second-order valence-corrected chi connectivity index (χ2v) is 7.58. The van der Waals surface area contributed by atoms with Gasteiger partial charge in [-0.3, -0.25) is 4.79 Å². The third-order valence-electron chi connectivity index (χ3n) is 2.94. The van der Waals surface area contributed by atoms with Gasteiger partial charge in [0.15, 0.2) is 5.03 Å². The van der Waals surface area contributed by atoms with E-state index in [1.54, 1.807) is 20.8 Å². The number of carbonyl (C=O) groups excluding carboxylic acids is 1. The fourth-order valence-electron chi connectivity index (χ4n) is 2.14. The summed E-state index contributed by atoms with van der Waals surface area (Å²) in [6.07, 6.45) is 3.64. The van der Waals surface area contributed by atoms with Gasteiger partial charge in [-0.25, -0.2) is 13.4 Å². The first kappa shape index (κ1) is 15.0. The minimum absolute atomic E-state index is 0.00652. The van der Waals surface area contributed by atoms with E-state index in [0.29, 0.717) is 19.4 Å². The van der Waals surface area contributed by atoms with Crippen LogP contribution in [-0.4, -0.2) is 46.8 Å². The molecule has 1 aromatic heterocycles. The highest BCUT2D eigenvalue weighted by Gasteiger charge is 2.41. The molecule has 1 atom stereocenters. The number of rotatable bonds is 3. The molecule has 0 radical (unpaired) electrons. The molecule has 2 heterocycles. The maximum atomic E-state index is 12.4. The summed E-state index contributed by atoms with van der Waals surface area (Å²) in [5, 5.41) is -0.00652. The molecule has 0 unspecified atom stereocenters. The van der Waals surface area contributed by atoms with E-state index in [0.717, 1.165) is 0 Å². The third kappa shape index (κ3) is 3.01. The molecule has 1 aliphatic rings. The van der Waals surface area contributed by atoms with Crippen LogP contribution in [0, 0.1) is 0 Å². The first-order valence-electron chi connectivity index (χ1n) is 6.45. The van der Waals surface area contributed by atoms with E-state index in [2.05, 4.69) is 9.97 Å². The van der Waals surface area contributed by atoms with Crippen LogP contribution in [0.5, 0.6) is 0 Å². The molecule has 1 N–H and O–H groups in total. The number of aromatic amines is 1. The van der Waals surface area contributed by atoms with Crippen molar-refractivity contribution in [2.75, 3.05) is 6.54 Å². The second kappa shape index (κ2) is 5.17. The van der Waals surface area contributed by atoms with Crippen LogP contribution in [-0.2, 0) is 19.6 Å². The van der Waals surface area contributed by atoms with Crippen LogP contribution in [0.15, 0.2) is 17.6 Å². The average molecular weight is 301 g/mol. The monoisotopic (exact) mass is 301 g/mol. The summed E-state index contributed by atoms with van der Waals surface area (Å²) >= 11 is 0. The number of H-pyrrole nitrogens is 1. The lowest BCUT2D eigenvalue weighted by atomic mass is 10.2.